The maximum Gasteiger partial charge on any atom is 0.272 e. The van der Waals surface area contributed by atoms with Crippen molar-refractivity contribution in [2.24, 2.45) is 10.8 Å². The quantitative estimate of drug-likeness (QED) is 0.688. The fourth-order valence-corrected chi connectivity index (χ4v) is 3.00. The predicted molar refractivity (Wildman–Crippen MR) is 109 cm³/mol. The van der Waals surface area contributed by atoms with Gasteiger partial charge in [0.05, 0.1) is 11.4 Å². The van der Waals surface area contributed by atoms with Gasteiger partial charge in [0.2, 0.25) is 5.91 Å². The van der Waals surface area contributed by atoms with Gasteiger partial charge in [0, 0.05) is 6.42 Å². The number of primary amides is 1. The summed E-state index contributed by atoms with van der Waals surface area (Å²) in [6, 6.07) is 9.51. The van der Waals surface area contributed by atoms with Gasteiger partial charge < -0.3 is 16.2 Å². The second kappa shape index (κ2) is 7.54. The zero-order valence-corrected chi connectivity index (χ0v) is 16.4. The van der Waals surface area contributed by atoms with Crippen LogP contribution in [0.5, 0.6) is 5.75 Å². The van der Waals surface area contributed by atoms with Crippen LogP contribution in [0.1, 0.15) is 32.8 Å². The number of nitrogens with one attached hydrogen (secondary N) is 1. The zero-order valence-electron chi connectivity index (χ0n) is 16.4. The number of benzene rings is 2. The number of aromatic hydroxyl groups is 1. The smallest absolute Gasteiger partial charge is 0.272 e. The Morgan fingerprint density at radius 3 is 2.45 bits per heavy atom. The van der Waals surface area contributed by atoms with Gasteiger partial charge >= 0.3 is 0 Å². The Morgan fingerprint density at radius 1 is 1.21 bits per heavy atom. The van der Waals surface area contributed by atoms with Gasteiger partial charge in [-0.3, -0.25) is 14.6 Å². The first-order valence-electron chi connectivity index (χ1n) is 9.12. The van der Waals surface area contributed by atoms with E-state index in [2.05, 4.69) is 10.4 Å². The number of hydrogen-bond acceptors (Lipinski definition) is 5. The minimum absolute atomic E-state index is 0.00172. The molecular formula is C21H23FN4O3. The van der Waals surface area contributed by atoms with Crippen molar-refractivity contribution in [1.29, 1.82) is 0 Å². The molecule has 0 fully saturated rings. The molecule has 1 atom stereocenters. The van der Waals surface area contributed by atoms with Gasteiger partial charge in [-0.05, 0) is 47.4 Å². The van der Waals surface area contributed by atoms with Gasteiger partial charge in [-0.1, -0.05) is 26.8 Å². The number of nitrogens with two attached hydrogens (primary N) is 1. The molecule has 29 heavy (non-hydrogen) atoms. The number of hydrazone groups is 1. The molecule has 3 rings (SSSR count). The standard InChI is InChI=1S/C21H23FN4O3/c1-21(2,3)12-4-9-18(27)15(10-12)24-20(29)16-11-17(19(23)28)26(25-16)14-7-5-13(22)6-8-14/h4-10,17,27H,11H2,1-3H3,(H2,23,28)(H,24,29). The molecule has 1 aliphatic rings. The Morgan fingerprint density at radius 2 is 1.86 bits per heavy atom. The topological polar surface area (TPSA) is 108 Å². The highest BCUT2D eigenvalue weighted by atomic mass is 19.1. The molecule has 0 aromatic heterocycles. The first kappa shape index (κ1) is 20.3. The third-order valence-corrected chi connectivity index (χ3v) is 4.70. The van der Waals surface area contributed by atoms with Gasteiger partial charge in [0.15, 0.2) is 0 Å². The zero-order chi connectivity index (χ0) is 21.3. The van der Waals surface area contributed by atoms with Gasteiger partial charge in [-0.15, -0.1) is 0 Å². The minimum atomic E-state index is -0.865. The van der Waals surface area contributed by atoms with Crippen LogP contribution in [0.3, 0.4) is 0 Å². The van der Waals surface area contributed by atoms with E-state index in [0.29, 0.717) is 5.69 Å². The number of carbonyl (C=O) groups excluding carboxylic acids is 2. The van der Waals surface area contributed by atoms with Crippen molar-refractivity contribution in [3.63, 3.8) is 0 Å². The summed E-state index contributed by atoms with van der Waals surface area (Å²) in [5, 5.41) is 18.3. The molecule has 0 aliphatic carbocycles. The van der Waals surface area contributed by atoms with Gasteiger partial charge in [-0.2, -0.15) is 5.10 Å². The molecule has 7 nitrogen and oxygen atoms in total. The van der Waals surface area contributed by atoms with E-state index in [1.807, 2.05) is 20.8 Å². The second-order valence-corrected chi connectivity index (χ2v) is 7.93. The summed E-state index contributed by atoms with van der Waals surface area (Å²) >= 11 is 0. The number of carbonyl (C=O) groups is 2. The molecule has 8 heteroatoms. The van der Waals surface area contributed by atoms with Crippen LogP contribution in [0.4, 0.5) is 15.8 Å². The van der Waals surface area contributed by atoms with Crippen molar-refractivity contribution in [1.82, 2.24) is 0 Å². The SMILES string of the molecule is CC(C)(C)c1ccc(O)c(NC(=O)C2=NN(c3ccc(F)cc3)C(C(N)=O)C2)c1. The maximum absolute atomic E-state index is 13.2. The van der Waals surface area contributed by atoms with Crippen LogP contribution in [0.25, 0.3) is 0 Å². The molecule has 1 aliphatic heterocycles. The average molecular weight is 398 g/mol. The van der Waals surface area contributed by atoms with E-state index >= 15 is 0 Å². The third-order valence-electron chi connectivity index (χ3n) is 4.70. The molecule has 0 saturated carbocycles. The molecular weight excluding hydrogens is 375 g/mol. The summed E-state index contributed by atoms with van der Waals surface area (Å²) in [6.45, 7) is 6.05. The predicted octanol–water partition coefficient (Wildman–Crippen LogP) is 2.89. The lowest BCUT2D eigenvalue weighted by Crippen LogP contribution is -2.39. The van der Waals surface area contributed by atoms with Gasteiger partial charge in [0.1, 0.15) is 23.3 Å². The number of rotatable bonds is 4. The summed E-state index contributed by atoms with van der Waals surface area (Å²) in [4.78, 5) is 24.6. The lowest BCUT2D eigenvalue weighted by atomic mass is 9.87. The first-order chi connectivity index (χ1) is 13.6. The van der Waals surface area contributed by atoms with Crippen LogP contribution in [0.2, 0.25) is 0 Å². The van der Waals surface area contributed by atoms with Crippen molar-refractivity contribution in [3.8, 4) is 5.75 Å². The maximum atomic E-state index is 13.2. The van der Waals surface area contributed by atoms with Crippen LogP contribution in [-0.4, -0.2) is 28.7 Å². The first-order valence-corrected chi connectivity index (χ1v) is 9.12. The molecule has 152 valence electrons. The number of phenolic OH excluding ortho intramolecular Hbond substituents is 1. The van der Waals surface area contributed by atoms with Crippen molar-refractivity contribution in [3.05, 3.63) is 53.8 Å². The highest BCUT2D eigenvalue weighted by molar-refractivity contribution is 6.44. The lowest BCUT2D eigenvalue weighted by Gasteiger charge is -2.20. The molecule has 0 radical (unpaired) electrons. The van der Waals surface area contributed by atoms with Crippen LogP contribution >= 0.6 is 0 Å². The minimum Gasteiger partial charge on any atom is -0.506 e. The van der Waals surface area contributed by atoms with E-state index in [1.54, 1.807) is 12.1 Å². The van der Waals surface area contributed by atoms with Crippen molar-refractivity contribution in [2.45, 2.75) is 38.6 Å². The molecule has 0 saturated heterocycles. The van der Waals surface area contributed by atoms with Crippen molar-refractivity contribution < 1.29 is 19.1 Å². The van der Waals surface area contributed by atoms with E-state index < -0.39 is 23.7 Å². The fraction of sp³-hybridized carbons (Fsp3) is 0.286. The third kappa shape index (κ3) is 4.37. The number of halogens is 1. The number of phenols is 1. The Kier molecular flexibility index (Phi) is 5.28. The van der Waals surface area contributed by atoms with Crippen LogP contribution in [0, 0.1) is 5.82 Å². The molecule has 0 bridgehead atoms. The molecule has 2 amide bonds. The number of hydrogen-bond donors (Lipinski definition) is 3. The Labute approximate surface area is 168 Å². The molecule has 1 unspecified atom stereocenters. The summed E-state index contributed by atoms with van der Waals surface area (Å²) < 4.78 is 13.2. The Bertz CT molecular complexity index is 980. The van der Waals surface area contributed by atoms with Crippen molar-refractivity contribution in [2.75, 3.05) is 10.3 Å². The molecule has 0 spiro atoms. The fourth-order valence-electron chi connectivity index (χ4n) is 3.00. The molecule has 1 heterocycles. The van der Waals surface area contributed by atoms with Crippen LogP contribution in [0.15, 0.2) is 47.6 Å². The highest BCUT2D eigenvalue weighted by Gasteiger charge is 2.35. The largest absolute Gasteiger partial charge is 0.506 e. The number of nitrogens with zero attached hydrogens (tertiary/aromatic N) is 2. The van der Waals surface area contributed by atoms with Gasteiger partial charge in [-0.25, -0.2) is 4.39 Å². The highest BCUT2D eigenvalue weighted by Crippen LogP contribution is 2.31. The summed E-state index contributed by atoms with van der Waals surface area (Å²) in [6.07, 6.45) is -0.00172. The van der Waals surface area contributed by atoms with E-state index in [9.17, 15) is 19.1 Å². The lowest BCUT2D eigenvalue weighted by molar-refractivity contribution is -0.119. The van der Waals surface area contributed by atoms with E-state index in [0.717, 1.165) is 5.56 Å². The summed E-state index contributed by atoms with van der Waals surface area (Å²) in [7, 11) is 0. The number of anilines is 2. The Balaban J connectivity index is 1.86. The summed E-state index contributed by atoms with van der Waals surface area (Å²) in [5.41, 5.74) is 7.00. The molecule has 2 aromatic carbocycles. The number of amides is 2. The molecule has 2 aromatic rings. The van der Waals surface area contributed by atoms with E-state index in [1.165, 1.54) is 35.3 Å². The van der Waals surface area contributed by atoms with Crippen LogP contribution in [-0.2, 0) is 15.0 Å². The van der Waals surface area contributed by atoms with E-state index in [4.69, 9.17) is 5.73 Å². The summed E-state index contributed by atoms with van der Waals surface area (Å²) in [5.74, 6) is -1.72. The average Bonchev–Trinajstić information content (AvgIpc) is 3.09. The second-order valence-electron chi connectivity index (χ2n) is 7.93. The van der Waals surface area contributed by atoms with Crippen LogP contribution < -0.4 is 16.1 Å². The molecule has 4 N–H and O–H groups in total. The van der Waals surface area contributed by atoms with E-state index in [-0.39, 0.29) is 29.0 Å². The van der Waals surface area contributed by atoms with Crippen molar-refractivity contribution >= 4 is 28.9 Å². The normalized spacial score (nSPS) is 16.5. The Hall–Kier alpha value is -3.42. The monoisotopic (exact) mass is 398 g/mol. The van der Waals surface area contributed by atoms with Gasteiger partial charge in [0.25, 0.3) is 5.91 Å².